The van der Waals surface area contributed by atoms with Crippen molar-refractivity contribution in [3.05, 3.63) is 52.9 Å². The Balaban J connectivity index is 2.52. The summed E-state index contributed by atoms with van der Waals surface area (Å²) in [5.41, 5.74) is 0.587. The maximum atomic E-state index is 11.3. The first-order valence-corrected chi connectivity index (χ1v) is 7.58. The van der Waals surface area contributed by atoms with Gasteiger partial charge in [-0.15, -0.1) is 0 Å². The quantitative estimate of drug-likeness (QED) is 0.727. The highest BCUT2D eigenvalue weighted by molar-refractivity contribution is 5.61. The molecule has 1 atom stereocenters. The topological polar surface area (TPSA) is 44.8 Å². The molecule has 118 valence electrons. The van der Waals surface area contributed by atoms with Gasteiger partial charge in [0.1, 0.15) is 29.0 Å². The maximum absolute atomic E-state index is 11.3. The molecule has 0 saturated heterocycles. The first-order chi connectivity index (χ1) is 10.6. The van der Waals surface area contributed by atoms with E-state index in [0.717, 1.165) is 0 Å². The minimum absolute atomic E-state index is 0.167. The van der Waals surface area contributed by atoms with E-state index in [1.807, 2.05) is 51.9 Å². The summed E-state index contributed by atoms with van der Waals surface area (Å²) in [6, 6.07) is 0. The van der Waals surface area contributed by atoms with Gasteiger partial charge in [0.05, 0.1) is 19.1 Å². The molecule has 1 unspecified atom stereocenters. The fourth-order valence-corrected chi connectivity index (χ4v) is 2.86. The van der Waals surface area contributed by atoms with Crippen LogP contribution in [-0.2, 0) is 19.0 Å². The average Bonchev–Trinajstić information content (AvgIpc) is 2.52. The van der Waals surface area contributed by atoms with Crippen LogP contribution >= 0.6 is 0 Å². The van der Waals surface area contributed by atoms with Crippen LogP contribution in [-0.4, -0.2) is 19.2 Å². The number of hydrogen-bond donors (Lipinski definition) is 0. The normalized spacial score (nSPS) is 21.8. The van der Waals surface area contributed by atoms with E-state index in [9.17, 15) is 4.79 Å². The molecule has 2 aliphatic rings. The monoisotopic (exact) mass is 302 g/mol. The van der Waals surface area contributed by atoms with Crippen LogP contribution in [0.3, 0.4) is 0 Å². The van der Waals surface area contributed by atoms with Gasteiger partial charge in [0.25, 0.3) is 0 Å². The smallest absolute Gasteiger partial charge is 0.145 e. The molecule has 0 amide bonds. The molecular formula is C18H22O4. The van der Waals surface area contributed by atoms with E-state index in [0.29, 0.717) is 41.8 Å². The van der Waals surface area contributed by atoms with Crippen LogP contribution in [0.4, 0.5) is 0 Å². The Bertz CT molecular complexity index is 573. The van der Waals surface area contributed by atoms with E-state index in [1.54, 1.807) is 6.08 Å². The highest BCUT2D eigenvalue weighted by atomic mass is 16.5. The van der Waals surface area contributed by atoms with Gasteiger partial charge >= 0.3 is 0 Å². The standard InChI is InChI=1S/C18H22O4/c1-5-20-17-12(3)22-13(4)18(21-6-2)16(17)15-10-8-7-9-14(15)11-19/h7-10,15-16H,5-6H2,1-4H3. The predicted molar refractivity (Wildman–Crippen MR) is 84.2 cm³/mol. The maximum Gasteiger partial charge on any atom is 0.145 e. The minimum Gasteiger partial charge on any atom is -0.494 e. The molecule has 22 heavy (non-hydrogen) atoms. The van der Waals surface area contributed by atoms with Gasteiger partial charge in [0.2, 0.25) is 0 Å². The highest BCUT2D eigenvalue weighted by Gasteiger charge is 2.39. The Morgan fingerprint density at radius 1 is 1.09 bits per heavy atom. The summed E-state index contributed by atoms with van der Waals surface area (Å²) in [4.78, 5) is 11.3. The molecule has 4 heteroatoms. The zero-order valence-electron chi connectivity index (χ0n) is 13.5. The largest absolute Gasteiger partial charge is 0.494 e. The predicted octanol–water partition coefficient (Wildman–Crippen LogP) is 3.67. The van der Waals surface area contributed by atoms with Crippen molar-refractivity contribution < 1.29 is 19.0 Å². The molecule has 0 spiro atoms. The van der Waals surface area contributed by atoms with Crippen molar-refractivity contribution in [2.45, 2.75) is 27.7 Å². The summed E-state index contributed by atoms with van der Waals surface area (Å²) >= 11 is 0. The summed E-state index contributed by atoms with van der Waals surface area (Å²) < 4.78 is 17.4. The molecule has 4 nitrogen and oxygen atoms in total. The van der Waals surface area contributed by atoms with Gasteiger partial charge in [-0.2, -0.15) is 0 Å². The average molecular weight is 302 g/mol. The molecule has 1 aliphatic heterocycles. The molecule has 0 bridgehead atoms. The molecule has 2 rings (SSSR count). The second-order valence-corrected chi connectivity index (χ2v) is 5.11. The Kier molecular flexibility index (Phi) is 5.29. The molecule has 0 aromatic heterocycles. The van der Waals surface area contributed by atoms with Crippen LogP contribution in [0.2, 0.25) is 0 Å². The summed E-state index contributed by atoms with van der Waals surface area (Å²) in [5, 5.41) is 0. The lowest BCUT2D eigenvalue weighted by molar-refractivity contribution is 0.0863. The second kappa shape index (κ2) is 7.19. The van der Waals surface area contributed by atoms with Crippen LogP contribution in [0, 0.1) is 11.8 Å². The Hall–Kier alpha value is -2.19. The lowest BCUT2D eigenvalue weighted by Crippen LogP contribution is -2.28. The SMILES string of the molecule is CCOC1=C(C)OC(C)=C(OCC)C1C1C=CC=CC1=C=O. The van der Waals surface area contributed by atoms with Crippen LogP contribution in [0.15, 0.2) is 52.9 Å². The second-order valence-electron chi connectivity index (χ2n) is 5.11. The summed E-state index contributed by atoms with van der Waals surface area (Å²) in [6.07, 6.45) is 7.53. The van der Waals surface area contributed by atoms with Crippen molar-refractivity contribution in [3.63, 3.8) is 0 Å². The molecule has 0 aromatic rings. The first kappa shape index (κ1) is 16.2. The van der Waals surface area contributed by atoms with Crippen LogP contribution in [0.1, 0.15) is 27.7 Å². The van der Waals surface area contributed by atoms with Gasteiger partial charge in [0, 0.05) is 11.5 Å². The van der Waals surface area contributed by atoms with E-state index >= 15 is 0 Å². The van der Waals surface area contributed by atoms with Crippen LogP contribution in [0.5, 0.6) is 0 Å². The fourth-order valence-electron chi connectivity index (χ4n) is 2.86. The molecule has 0 fully saturated rings. The molecule has 0 radical (unpaired) electrons. The Morgan fingerprint density at radius 2 is 1.68 bits per heavy atom. The van der Waals surface area contributed by atoms with Gasteiger partial charge in [-0.3, -0.25) is 0 Å². The van der Waals surface area contributed by atoms with E-state index in [1.165, 1.54) is 0 Å². The highest BCUT2D eigenvalue weighted by Crippen LogP contribution is 2.42. The summed E-state index contributed by atoms with van der Waals surface area (Å²) in [7, 11) is 0. The zero-order chi connectivity index (χ0) is 16.1. The molecule has 0 saturated carbocycles. The van der Waals surface area contributed by atoms with E-state index in [-0.39, 0.29) is 11.8 Å². The third-order valence-corrected chi connectivity index (χ3v) is 3.71. The van der Waals surface area contributed by atoms with Gasteiger partial charge in [-0.05, 0) is 33.8 Å². The van der Waals surface area contributed by atoms with Crippen molar-refractivity contribution in [2.75, 3.05) is 13.2 Å². The van der Waals surface area contributed by atoms with Gasteiger partial charge in [0.15, 0.2) is 0 Å². The lowest BCUT2D eigenvalue weighted by Gasteiger charge is -2.34. The van der Waals surface area contributed by atoms with E-state index in [2.05, 4.69) is 0 Å². The fraction of sp³-hybridized carbons (Fsp3) is 0.444. The van der Waals surface area contributed by atoms with Crippen LogP contribution in [0.25, 0.3) is 0 Å². The lowest BCUT2D eigenvalue weighted by atomic mass is 9.80. The number of carbonyl (C=O) groups excluding carboxylic acids is 1. The first-order valence-electron chi connectivity index (χ1n) is 7.58. The van der Waals surface area contributed by atoms with Crippen LogP contribution < -0.4 is 0 Å². The third-order valence-electron chi connectivity index (χ3n) is 3.71. The molecule has 0 aromatic carbocycles. The van der Waals surface area contributed by atoms with Crippen molar-refractivity contribution in [3.8, 4) is 0 Å². The Morgan fingerprint density at radius 3 is 2.18 bits per heavy atom. The number of allylic oxidation sites excluding steroid dienone is 7. The zero-order valence-corrected chi connectivity index (χ0v) is 13.5. The van der Waals surface area contributed by atoms with Crippen molar-refractivity contribution >= 4 is 5.94 Å². The van der Waals surface area contributed by atoms with Gasteiger partial charge < -0.3 is 14.2 Å². The molecular weight excluding hydrogens is 280 g/mol. The Labute approximate surface area is 131 Å². The molecule has 1 heterocycles. The van der Waals surface area contributed by atoms with Crippen molar-refractivity contribution in [1.29, 1.82) is 0 Å². The van der Waals surface area contributed by atoms with Gasteiger partial charge in [-0.1, -0.05) is 18.2 Å². The third kappa shape index (κ3) is 3.02. The van der Waals surface area contributed by atoms with E-state index < -0.39 is 0 Å². The van der Waals surface area contributed by atoms with E-state index in [4.69, 9.17) is 14.2 Å². The van der Waals surface area contributed by atoms with Gasteiger partial charge in [-0.25, -0.2) is 4.79 Å². The summed E-state index contributed by atoms with van der Waals surface area (Å²) in [6.45, 7) is 8.65. The molecule has 1 aliphatic carbocycles. The number of hydrogen-bond acceptors (Lipinski definition) is 4. The minimum atomic E-state index is -0.203. The van der Waals surface area contributed by atoms with Crippen molar-refractivity contribution in [1.82, 2.24) is 0 Å². The number of ether oxygens (including phenoxy) is 3. The number of rotatable bonds is 5. The van der Waals surface area contributed by atoms with Crippen molar-refractivity contribution in [2.24, 2.45) is 11.8 Å². The summed E-state index contributed by atoms with van der Waals surface area (Å²) in [5.74, 6) is 4.52. The molecule has 0 N–H and O–H groups in total.